The van der Waals surface area contributed by atoms with Gasteiger partial charge in [0.2, 0.25) is 5.91 Å². The van der Waals surface area contributed by atoms with Gasteiger partial charge in [-0.3, -0.25) is 4.79 Å². The van der Waals surface area contributed by atoms with Crippen LogP contribution < -0.4 is 20.1 Å². The van der Waals surface area contributed by atoms with Gasteiger partial charge in [-0.05, 0) is 49.9 Å². The molecule has 0 unspecified atom stereocenters. The molecule has 1 amide bonds. The van der Waals surface area contributed by atoms with E-state index in [1.165, 1.54) is 12.8 Å². The van der Waals surface area contributed by atoms with Gasteiger partial charge in [0.1, 0.15) is 11.5 Å². The molecule has 0 saturated carbocycles. The molecule has 1 fully saturated rings. The van der Waals surface area contributed by atoms with Crippen molar-refractivity contribution in [2.24, 2.45) is 11.8 Å². The highest BCUT2D eigenvalue weighted by Crippen LogP contribution is 2.30. The fourth-order valence-corrected chi connectivity index (χ4v) is 2.94. The lowest BCUT2D eigenvalue weighted by atomic mass is 9.85. The molecule has 2 N–H and O–H groups in total. The van der Waals surface area contributed by atoms with Crippen LogP contribution in [0, 0.1) is 11.8 Å². The molecule has 1 aliphatic heterocycles. The van der Waals surface area contributed by atoms with Crippen molar-refractivity contribution in [2.45, 2.75) is 26.2 Å². The van der Waals surface area contributed by atoms with E-state index in [4.69, 9.17) is 9.47 Å². The fourth-order valence-electron chi connectivity index (χ4n) is 2.94. The first-order valence-electron chi connectivity index (χ1n) is 7.86. The van der Waals surface area contributed by atoms with Crippen molar-refractivity contribution < 1.29 is 14.3 Å². The summed E-state index contributed by atoms with van der Waals surface area (Å²) in [5.41, 5.74) is 0.654. The van der Waals surface area contributed by atoms with E-state index < -0.39 is 0 Å². The minimum absolute atomic E-state index is 0.0182. The first-order chi connectivity index (χ1) is 10.6. The average Bonchev–Trinajstić information content (AvgIpc) is 2.55. The summed E-state index contributed by atoms with van der Waals surface area (Å²) in [4.78, 5) is 12.3. The quantitative estimate of drug-likeness (QED) is 0.848. The number of hydrogen-bond acceptors (Lipinski definition) is 4. The normalized spacial score (nSPS) is 19.3. The van der Waals surface area contributed by atoms with E-state index in [1.807, 2.05) is 6.07 Å². The molecular formula is C17H26N2O3. The minimum Gasteiger partial charge on any atom is -0.497 e. The average molecular weight is 306 g/mol. The third-order valence-corrected chi connectivity index (χ3v) is 4.33. The Morgan fingerprint density at radius 2 is 2.23 bits per heavy atom. The van der Waals surface area contributed by atoms with Gasteiger partial charge in [-0.2, -0.15) is 0 Å². The van der Waals surface area contributed by atoms with Crippen LogP contribution >= 0.6 is 0 Å². The van der Waals surface area contributed by atoms with E-state index in [0.717, 1.165) is 13.1 Å². The molecule has 1 aromatic carbocycles. The molecule has 0 aromatic heterocycles. The minimum atomic E-state index is 0.0182. The molecule has 0 bridgehead atoms. The van der Waals surface area contributed by atoms with Crippen LogP contribution in [-0.4, -0.2) is 33.2 Å². The molecule has 5 nitrogen and oxygen atoms in total. The Morgan fingerprint density at radius 1 is 1.41 bits per heavy atom. The third kappa shape index (κ3) is 4.37. The van der Waals surface area contributed by atoms with Crippen molar-refractivity contribution >= 4 is 11.6 Å². The number of amides is 1. The molecule has 0 aliphatic carbocycles. The van der Waals surface area contributed by atoms with Crippen LogP contribution in [0.2, 0.25) is 0 Å². The Balaban J connectivity index is 1.96. The summed E-state index contributed by atoms with van der Waals surface area (Å²) in [6, 6.07) is 5.39. The Morgan fingerprint density at radius 3 is 2.86 bits per heavy atom. The lowest BCUT2D eigenvalue weighted by molar-refractivity contribution is -0.117. The maximum Gasteiger partial charge on any atom is 0.224 e. The molecule has 1 aromatic rings. The zero-order valence-corrected chi connectivity index (χ0v) is 13.6. The summed E-state index contributed by atoms with van der Waals surface area (Å²) in [5, 5.41) is 6.35. The number of nitrogens with one attached hydrogen (secondary N) is 2. The van der Waals surface area contributed by atoms with Gasteiger partial charge < -0.3 is 20.1 Å². The second kappa shape index (κ2) is 8.03. The topological polar surface area (TPSA) is 59.6 Å². The van der Waals surface area contributed by atoms with E-state index in [2.05, 4.69) is 17.6 Å². The second-order valence-corrected chi connectivity index (χ2v) is 5.90. The van der Waals surface area contributed by atoms with Gasteiger partial charge in [-0.1, -0.05) is 6.92 Å². The number of benzene rings is 1. The van der Waals surface area contributed by atoms with Crippen LogP contribution in [0.5, 0.6) is 11.5 Å². The van der Waals surface area contributed by atoms with Gasteiger partial charge in [0, 0.05) is 12.5 Å². The van der Waals surface area contributed by atoms with Gasteiger partial charge >= 0.3 is 0 Å². The van der Waals surface area contributed by atoms with Crippen LogP contribution in [-0.2, 0) is 4.79 Å². The first-order valence-corrected chi connectivity index (χ1v) is 7.86. The molecule has 5 heteroatoms. The standard InChI is InChI=1S/C17H26N2O3/c1-12(13-5-4-8-18-11-13)9-17(20)19-15-10-14(21-2)6-7-16(15)22-3/h6-7,10,12-13,18H,4-5,8-9,11H2,1-3H3,(H,19,20)/t12-,13+/m1/s1. The van der Waals surface area contributed by atoms with Gasteiger partial charge in [-0.25, -0.2) is 0 Å². The van der Waals surface area contributed by atoms with Crippen LogP contribution in [0.3, 0.4) is 0 Å². The van der Waals surface area contributed by atoms with Crippen molar-refractivity contribution in [1.29, 1.82) is 0 Å². The molecule has 22 heavy (non-hydrogen) atoms. The van der Waals surface area contributed by atoms with Gasteiger partial charge in [0.15, 0.2) is 0 Å². The number of piperidine rings is 1. The number of methoxy groups -OCH3 is 2. The van der Waals surface area contributed by atoms with E-state index in [-0.39, 0.29) is 5.91 Å². The summed E-state index contributed by atoms with van der Waals surface area (Å²) >= 11 is 0. The summed E-state index contributed by atoms with van der Waals surface area (Å²) in [6.45, 7) is 4.26. The number of carbonyl (C=O) groups is 1. The predicted octanol–water partition coefficient (Wildman–Crippen LogP) is 2.67. The van der Waals surface area contributed by atoms with Crippen LogP contribution in [0.15, 0.2) is 18.2 Å². The summed E-state index contributed by atoms with van der Waals surface area (Å²) < 4.78 is 10.5. The van der Waals surface area contributed by atoms with Gasteiger partial charge in [-0.15, -0.1) is 0 Å². The SMILES string of the molecule is COc1ccc(OC)c(NC(=O)C[C@@H](C)[C@H]2CCCNC2)c1. The van der Waals surface area contributed by atoms with Crippen molar-refractivity contribution in [3.8, 4) is 11.5 Å². The van der Waals surface area contributed by atoms with Crippen LogP contribution in [0.25, 0.3) is 0 Å². The second-order valence-electron chi connectivity index (χ2n) is 5.90. The van der Waals surface area contributed by atoms with E-state index in [1.54, 1.807) is 26.4 Å². The van der Waals surface area contributed by atoms with E-state index in [9.17, 15) is 4.79 Å². The van der Waals surface area contributed by atoms with Crippen molar-refractivity contribution in [3.63, 3.8) is 0 Å². The maximum absolute atomic E-state index is 12.3. The number of anilines is 1. The molecule has 0 spiro atoms. The molecule has 1 heterocycles. The van der Waals surface area contributed by atoms with Gasteiger partial charge in [0.05, 0.1) is 19.9 Å². The molecule has 1 saturated heterocycles. The Labute approximate surface area is 132 Å². The Kier molecular flexibility index (Phi) is 6.07. The lowest BCUT2D eigenvalue weighted by Crippen LogP contribution is -2.34. The summed E-state index contributed by atoms with van der Waals surface area (Å²) in [7, 11) is 3.19. The zero-order chi connectivity index (χ0) is 15.9. The fraction of sp³-hybridized carbons (Fsp3) is 0.588. The Hall–Kier alpha value is -1.75. The first kappa shape index (κ1) is 16.6. The monoisotopic (exact) mass is 306 g/mol. The molecule has 1 aliphatic rings. The van der Waals surface area contributed by atoms with Crippen molar-refractivity contribution in [3.05, 3.63) is 18.2 Å². The highest BCUT2D eigenvalue weighted by Gasteiger charge is 2.22. The largest absolute Gasteiger partial charge is 0.497 e. The van der Waals surface area contributed by atoms with Crippen LogP contribution in [0.4, 0.5) is 5.69 Å². The van der Waals surface area contributed by atoms with Crippen LogP contribution in [0.1, 0.15) is 26.2 Å². The van der Waals surface area contributed by atoms with E-state index in [0.29, 0.717) is 35.4 Å². The van der Waals surface area contributed by atoms with E-state index >= 15 is 0 Å². The smallest absolute Gasteiger partial charge is 0.224 e. The number of carbonyl (C=O) groups excluding carboxylic acids is 1. The van der Waals surface area contributed by atoms with Gasteiger partial charge in [0.25, 0.3) is 0 Å². The summed E-state index contributed by atoms with van der Waals surface area (Å²) in [6.07, 6.45) is 2.91. The molecule has 2 rings (SSSR count). The molecular weight excluding hydrogens is 280 g/mol. The molecule has 2 atom stereocenters. The highest BCUT2D eigenvalue weighted by molar-refractivity contribution is 5.92. The zero-order valence-electron chi connectivity index (χ0n) is 13.6. The van der Waals surface area contributed by atoms with Crippen molar-refractivity contribution in [2.75, 3.05) is 32.6 Å². The molecule has 0 radical (unpaired) electrons. The maximum atomic E-state index is 12.3. The number of ether oxygens (including phenoxy) is 2. The highest BCUT2D eigenvalue weighted by atomic mass is 16.5. The lowest BCUT2D eigenvalue weighted by Gasteiger charge is -2.28. The summed E-state index contributed by atoms with van der Waals surface area (Å²) in [5.74, 6) is 2.29. The van der Waals surface area contributed by atoms with Crippen molar-refractivity contribution in [1.82, 2.24) is 5.32 Å². The third-order valence-electron chi connectivity index (χ3n) is 4.33. The predicted molar refractivity (Wildman–Crippen MR) is 87.6 cm³/mol. The number of hydrogen-bond donors (Lipinski definition) is 2. The Bertz CT molecular complexity index is 499. The molecule has 122 valence electrons. The number of rotatable bonds is 6.